The molecular formula is C30H50FIN4O2S. The lowest BCUT2D eigenvalue weighted by Gasteiger charge is -2.24. The molecule has 2 N–H and O–H groups in total. The van der Waals surface area contributed by atoms with Gasteiger partial charge in [0.15, 0.2) is 0 Å². The lowest BCUT2D eigenvalue weighted by Crippen LogP contribution is -2.50. The first-order chi connectivity index (χ1) is 19.1. The third kappa shape index (κ3) is 10.3. The molecule has 2 aromatic rings. The van der Waals surface area contributed by atoms with Gasteiger partial charge < -0.3 is 15.4 Å². The summed E-state index contributed by atoms with van der Waals surface area (Å²) >= 11 is 1.84. The molecule has 3 aliphatic rings. The van der Waals surface area contributed by atoms with Gasteiger partial charge in [0, 0.05) is 37.1 Å². The lowest BCUT2D eigenvalue weighted by molar-refractivity contribution is -0.124. The highest BCUT2D eigenvalue weighted by Crippen LogP contribution is 2.35. The minimum absolute atomic E-state index is 0.0530. The minimum Gasteiger partial charge on any atom is -0.381 e. The van der Waals surface area contributed by atoms with Gasteiger partial charge in [0.1, 0.15) is 5.82 Å². The Hall–Kier alpha value is -1.17. The summed E-state index contributed by atoms with van der Waals surface area (Å²) in [4.78, 5) is 12.6. The largest absolute Gasteiger partial charge is 0.381 e. The SMILES string of the molecule is CC.CC.CC.CC(Cc1ccc(-c2cnn(C3CCOCC3)c2)cc1F)NC(=O)[C@H]1N[C@@H]2CCC1C2.SI. The topological polar surface area (TPSA) is 68.2 Å². The molecule has 0 spiro atoms. The molecule has 6 nitrogen and oxygen atoms in total. The first kappa shape index (κ1) is 35.9. The van der Waals surface area contributed by atoms with Crippen molar-refractivity contribution in [3.8, 4) is 11.1 Å². The summed E-state index contributed by atoms with van der Waals surface area (Å²) in [5, 5.41) is 11.0. The summed E-state index contributed by atoms with van der Waals surface area (Å²) in [5.74, 6) is 0.267. The van der Waals surface area contributed by atoms with Gasteiger partial charge in [-0.15, -0.1) is 9.80 Å². The highest BCUT2D eigenvalue weighted by Gasteiger charge is 2.42. The predicted molar refractivity (Wildman–Crippen MR) is 173 cm³/mol. The molecule has 222 valence electrons. The third-order valence-electron chi connectivity index (χ3n) is 7.11. The fourth-order valence-electron chi connectivity index (χ4n) is 5.39. The number of carbonyl (C=O) groups excluding carboxylic acids is 1. The molecular weight excluding hydrogens is 626 g/mol. The summed E-state index contributed by atoms with van der Waals surface area (Å²) in [7, 11) is 3.50. The average Bonchev–Trinajstić information content (AvgIpc) is 3.77. The van der Waals surface area contributed by atoms with Gasteiger partial charge in [0.05, 0.1) is 18.3 Å². The minimum atomic E-state index is -0.240. The molecule has 1 aromatic carbocycles. The number of amides is 1. The standard InChI is InChI=1S/C24H31FN4O2.3C2H6.HIS/c1-15(27-24(30)23-18-4-5-20(11-18)28-23)10-17-3-2-16(12-22(17)25)19-13-26-29(14-19)21-6-8-31-9-7-21;4*1-2/h2-3,12-15,18,20-21,23,28H,4-11H2,1H3,(H,27,30);3*1-2H3;2H/t15?,18?,20-,23+;;;;/m1..../s1. The van der Waals surface area contributed by atoms with Crippen LogP contribution in [0.3, 0.4) is 0 Å². The van der Waals surface area contributed by atoms with Crippen molar-refractivity contribution in [1.82, 2.24) is 20.4 Å². The van der Waals surface area contributed by atoms with Crippen LogP contribution in [0.5, 0.6) is 0 Å². The van der Waals surface area contributed by atoms with Crippen LogP contribution < -0.4 is 10.6 Å². The van der Waals surface area contributed by atoms with Crippen LogP contribution in [0.15, 0.2) is 30.6 Å². The van der Waals surface area contributed by atoms with Crippen molar-refractivity contribution >= 4 is 36.9 Å². The van der Waals surface area contributed by atoms with Crippen LogP contribution in [-0.4, -0.2) is 47.0 Å². The number of rotatable bonds is 6. The van der Waals surface area contributed by atoms with Gasteiger partial charge >= 0.3 is 0 Å². The van der Waals surface area contributed by atoms with Crippen molar-refractivity contribution in [1.29, 1.82) is 0 Å². The van der Waals surface area contributed by atoms with E-state index >= 15 is 0 Å². The highest BCUT2D eigenvalue weighted by atomic mass is 127. The smallest absolute Gasteiger partial charge is 0.237 e. The molecule has 9 heteroatoms. The van der Waals surface area contributed by atoms with E-state index in [1.807, 2.05) is 92.7 Å². The van der Waals surface area contributed by atoms with Crippen molar-refractivity contribution in [2.45, 2.75) is 111 Å². The molecule has 1 saturated carbocycles. The van der Waals surface area contributed by atoms with Gasteiger partial charge in [-0.2, -0.15) is 5.10 Å². The second kappa shape index (κ2) is 19.8. The zero-order valence-electron chi connectivity index (χ0n) is 24.8. The Morgan fingerprint density at radius 2 is 1.79 bits per heavy atom. The van der Waals surface area contributed by atoms with Crippen molar-refractivity contribution in [3.05, 3.63) is 42.0 Å². The monoisotopic (exact) mass is 676 g/mol. The number of aromatic nitrogens is 2. The number of nitrogens with zero attached hydrogens (tertiary/aromatic N) is 2. The number of piperidine rings is 1. The Labute approximate surface area is 253 Å². The van der Waals surface area contributed by atoms with E-state index in [9.17, 15) is 9.18 Å². The number of fused-ring (bicyclic) bond motifs is 2. The van der Waals surface area contributed by atoms with Gasteiger partial charge in [-0.05, 0) is 89.8 Å². The molecule has 39 heavy (non-hydrogen) atoms. The maximum Gasteiger partial charge on any atom is 0.237 e. The number of nitrogens with one attached hydrogen (secondary N) is 2. The number of carbonyl (C=O) groups is 1. The molecule has 2 aliphatic heterocycles. The first-order valence-corrected chi connectivity index (χ1v) is 17.9. The number of ether oxygens (including phenoxy) is 1. The molecule has 0 radical (unpaired) electrons. The number of hydrogen-bond acceptors (Lipinski definition) is 5. The van der Waals surface area contributed by atoms with Crippen molar-refractivity contribution in [3.63, 3.8) is 0 Å². The van der Waals surface area contributed by atoms with E-state index in [0.717, 1.165) is 50.0 Å². The van der Waals surface area contributed by atoms with E-state index in [4.69, 9.17) is 4.74 Å². The molecule has 5 rings (SSSR count). The van der Waals surface area contributed by atoms with Crippen molar-refractivity contribution in [2.24, 2.45) is 5.92 Å². The van der Waals surface area contributed by atoms with Crippen LogP contribution in [0.25, 0.3) is 11.1 Å². The van der Waals surface area contributed by atoms with E-state index in [0.29, 0.717) is 30.0 Å². The third-order valence-corrected chi connectivity index (χ3v) is 7.11. The highest BCUT2D eigenvalue weighted by molar-refractivity contribution is 14.2. The fourth-order valence-corrected chi connectivity index (χ4v) is 5.39. The van der Waals surface area contributed by atoms with E-state index < -0.39 is 0 Å². The van der Waals surface area contributed by atoms with Gasteiger partial charge in [0.25, 0.3) is 0 Å². The van der Waals surface area contributed by atoms with E-state index in [2.05, 4.69) is 25.5 Å². The molecule has 1 aromatic heterocycles. The molecule has 3 fully saturated rings. The van der Waals surface area contributed by atoms with E-state index in [-0.39, 0.29) is 23.8 Å². The maximum atomic E-state index is 14.8. The number of benzene rings is 1. The van der Waals surface area contributed by atoms with Crippen LogP contribution in [0.2, 0.25) is 0 Å². The summed E-state index contributed by atoms with van der Waals surface area (Å²) in [5.41, 5.74) is 2.36. The van der Waals surface area contributed by atoms with Crippen LogP contribution >= 0.6 is 31.0 Å². The van der Waals surface area contributed by atoms with Crippen LogP contribution in [0, 0.1) is 11.7 Å². The normalized spacial score (nSPS) is 21.9. The quantitative estimate of drug-likeness (QED) is 0.218. The maximum absolute atomic E-state index is 14.8. The number of thiol groups is 1. The molecule has 2 unspecified atom stereocenters. The van der Waals surface area contributed by atoms with Crippen LogP contribution in [-0.2, 0) is 16.0 Å². The molecule has 2 bridgehead atoms. The van der Waals surface area contributed by atoms with Gasteiger partial charge in [-0.3, -0.25) is 9.48 Å². The summed E-state index contributed by atoms with van der Waals surface area (Å²) in [6.45, 7) is 15.5. The fraction of sp³-hybridized carbons (Fsp3) is 0.667. The second-order valence-corrected chi connectivity index (χ2v) is 9.39. The first-order valence-electron chi connectivity index (χ1n) is 14.7. The van der Waals surface area contributed by atoms with Gasteiger partial charge in [-0.25, -0.2) is 4.39 Å². The molecule has 3 heterocycles. The Balaban J connectivity index is 0.000000874. The predicted octanol–water partition coefficient (Wildman–Crippen LogP) is 7.57. The van der Waals surface area contributed by atoms with Gasteiger partial charge in [0.2, 0.25) is 5.91 Å². The Morgan fingerprint density at radius 1 is 1.13 bits per heavy atom. The van der Waals surface area contributed by atoms with E-state index in [1.165, 1.54) is 6.42 Å². The molecule has 4 atom stereocenters. The number of hydrogen-bond donors (Lipinski definition) is 3. The van der Waals surface area contributed by atoms with Crippen LogP contribution in [0.4, 0.5) is 4.39 Å². The van der Waals surface area contributed by atoms with Gasteiger partial charge in [-0.1, -0.05) is 53.7 Å². The van der Waals surface area contributed by atoms with Crippen molar-refractivity contribution in [2.75, 3.05) is 13.2 Å². The van der Waals surface area contributed by atoms with Crippen LogP contribution in [0.1, 0.15) is 92.2 Å². The number of halogens is 2. The molecule has 1 aliphatic carbocycles. The zero-order chi connectivity index (χ0) is 29.4. The van der Waals surface area contributed by atoms with E-state index in [1.54, 1.807) is 12.3 Å². The molecule has 1 amide bonds. The Kier molecular flexibility index (Phi) is 18.2. The average molecular weight is 677 g/mol. The Morgan fingerprint density at radius 3 is 2.36 bits per heavy atom. The van der Waals surface area contributed by atoms with Crippen molar-refractivity contribution < 1.29 is 13.9 Å². The second-order valence-electron chi connectivity index (χ2n) is 9.39. The summed E-state index contributed by atoms with van der Waals surface area (Å²) < 4.78 is 22.2. The summed E-state index contributed by atoms with van der Waals surface area (Å²) in [6, 6.07) is 5.99. The zero-order valence-corrected chi connectivity index (χ0v) is 27.9. The Bertz CT molecular complexity index is 955. The molecule has 2 saturated heterocycles. The summed E-state index contributed by atoms with van der Waals surface area (Å²) in [6.07, 6.45) is 9.59. The lowest BCUT2D eigenvalue weighted by atomic mass is 9.98.